The van der Waals surface area contributed by atoms with Crippen LogP contribution in [0.15, 0.2) is 54.6 Å². The van der Waals surface area contributed by atoms with Gasteiger partial charge in [0, 0.05) is 0 Å². The molecule has 1 unspecified atom stereocenters. The minimum atomic E-state index is -0.738. The molecule has 110 valence electrons. The van der Waals surface area contributed by atoms with E-state index in [2.05, 4.69) is 19.1 Å². The zero-order chi connectivity index (χ0) is 15.3. The van der Waals surface area contributed by atoms with Crippen molar-refractivity contribution < 1.29 is 9.53 Å². The molecule has 0 bridgehead atoms. The monoisotopic (exact) mass is 283 g/mol. The van der Waals surface area contributed by atoms with Gasteiger partial charge < -0.3 is 10.5 Å². The molecular formula is C18H21NO2. The van der Waals surface area contributed by atoms with Crippen molar-refractivity contribution >= 4 is 6.09 Å². The number of rotatable bonds is 5. The maximum atomic E-state index is 11.2. The maximum Gasteiger partial charge on any atom is 0.405 e. The second-order valence-electron chi connectivity index (χ2n) is 5.35. The van der Waals surface area contributed by atoms with Gasteiger partial charge in [0.05, 0.1) is 0 Å². The van der Waals surface area contributed by atoms with Gasteiger partial charge in [0.15, 0.2) is 0 Å². The third kappa shape index (κ3) is 3.63. The van der Waals surface area contributed by atoms with Crippen molar-refractivity contribution in [3.8, 4) is 11.1 Å². The van der Waals surface area contributed by atoms with E-state index in [1.54, 1.807) is 0 Å². The Morgan fingerprint density at radius 2 is 1.62 bits per heavy atom. The molecule has 1 atom stereocenters. The van der Waals surface area contributed by atoms with Crippen LogP contribution in [-0.4, -0.2) is 6.09 Å². The van der Waals surface area contributed by atoms with Gasteiger partial charge in [0.2, 0.25) is 0 Å². The summed E-state index contributed by atoms with van der Waals surface area (Å²) in [5.74, 6) is 0. The molecule has 2 N–H and O–H groups in total. The molecule has 0 fully saturated rings. The Hall–Kier alpha value is -2.29. The topological polar surface area (TPSA) is 52.3 Å². The van der Waals surface area contributed by atoms with Crippen molar-refractivity contribution in [3.63, 3.8) is 0 Å². The first-order valence-electron chi connectivity index (χ1n) is 7.19. The highest BCUT2D eigenvalue weighted by molar-refractivity contribution is 5.66. The summed E-state index contributed by atoms with van der Waals surface area (Å²) >= 11 is 0. The SMILES string of the molecule is CCCC(C)(OC(N)=O)c1ccc(-c2ccccc2)cc1. The first-order chi connectivity index (χ1) is 10.0. The maximum absolute atomic E-state index is 11.2. The van der Waals surface area contributed by atoms with Crippen LogP contribution in [0.3, 0.4) is 0 Å². The van der Waals surface area contributed by atoms with E-state index >= 15 is 0 Å². The third-order valence-corrected chi connectivity index (χ3v) is 3.66. The molecule has 0 spiro atoms. The third-order valence-electron chi connectivity index (χ3n) is 3.66. The van der Waals surface area contributed by atoms with E-state index in [1.165, 1.54) is 0 Å². The van der Waals surface area contributed by atoms with Gasteiger partial charge in [-0.25, -0.2) is 4.79 Å². The fourth-order valence-corrected chi connectivity index (χ4v) is 2.60. The van der Waals surface area contributed by atoms with Gasteiger partial charge in [-0.05, 0) is 30.0 Å². The Morgan fingerprint density at radius 3 is 2.14 bits per heavy atom. The van der Waals surface area contributed by atoms with E-state index in [4.69, 9.17) is 10.5 Å². The second-order valence-corrected chi connectivity index (χ2v) is 5.35. The van der Waals surface area contributed by atoms with E-state index in [0.717, 1.165) is 29.5 Å². The fourth-order valence-electron chi connectivity index (χ4n) is 2.60. The number of amides is 1. The number of hydrogen-bond acceptors (Lipinski definition) is 2. The highest BCUT2D eigenvalue weighted by Crippen LogP contribution is 2.32. The lowest BCUT2D eigenvalue weighted by Crippen LogP contribution is -2.31. The highest BCUT2D eigenvalue weighted by Gasteiger charge is 2.29. The number of nitrogens with two attached hydrogens (primary N) is 1. The molecule has 0 saturated heterocycles. The molecule has 3 heteroatoms. The summed E-state index contributed by atoms with van der Waals surface area (Å²) in [6.07, 6.45) is 0.906. The standard InChI is InChI=1S/C18H21NO2/c1-3-13-18(2,21-17(19)20)16-11-9-15(10-12-16)14-7-5-4-6-8-14/h4-12H,3,13H2,1-2H3,(H2,19,20). The molecule has 0 aliphatic rings. The molecule has 0 saturated carbocycles. The summed E-state index contributed by atoms with van der Waals surface area (Å²) < 4.78 is 5.35. The molecule has 0 aliphatic heterocycles. The predicted molar refractivity (Wildman–Crippen MR) is 84.8 cm³/mol. The summed E-state index contributed by atoms with van der Waals surface area (Å²) in [4.78, 5) is 11.2. The lowest BCUT2D eigenvalue weighted by molar-refractivity contribution is 0.0205. The molecule has 21 heavy (non-hydrogen) atoms. The average Bonchev–Trinajstić information content (AvgIpc) is 2.48. The minimum absolute atomic E-state index is 0.671. The lowest BCUT2D eigenvalue weighted by Gasteiger charge is -2.29. The van der Waals surface area contributed by atoms with E-state index in [9.17, 15) is 4.79 Å². The normalized spacial score (nSPS) is 13.4. The Balaban J connectivity index is 2.29. The smallest absolute Gasteiger partial charge is 0.405 e. The molecule has 0 aliphatic carbocycles. The molecule has 3 nitrogen and oxygen atoms in total. The quantitative estimate of drug-likeness (QED) is 0.880. The summed E-state index contributed by atoms with van der Waals surface area (Å²) in [5, 5.41) is 0. The molecule has 2 aromatic rings. The Kier molecular flexibility index (Phi) is 4.63. The number of primary amides is 1. The molecule has 0 aromatic heterocycles. The number of benzene rings is 2. The summed E-state index contributed by atoms with van der Waals surface area (Å²) in [6, 6.07) is 18.3. The van der Waals surface area contributed by atoms with Crippen molar-refractivity contribution in [2.24, 2.45) is 5.73 Å². The van der Waals surface area contributed by atoms with Crippen LogP contribution < -0.4 is 5.73 Å². The van der Waals surface area contributed by atoms with Crippen molar-refractivity contribution in [1.29, 1.82) is 0 Å². The van der Waals surface area contributed by atoms with Crippen LogP contribution in [-0.2, 0) is 10.3 Å². The number of hydrogen-bond donors (Lipinski definition) is 1. The van der Waals surface area contributed by atoms with Gasteiger partial charge in [0.1, 0.15) is 5.60 Å². The Morgan fingerprint density at radius 1 is 1.05 bits per heavy atom. The van der Waals surface area contributed by atoms with Crippen molar-refractivity contribution in [1.82, 2.24) is 0 Å². The summed E-state index contributed by atoms with van der Waals surface area (Å²) in [6.45, 7) is 3.96. The van der Waals surface area contributed by atoms with Crippen LogP contribution >= 0.6 is 0 Å². The van der Waals surface area contributed by atoms with Crippen molar-refractivity contribution in [3.05, 3.63) is 60.2 Å². The van der Waals surface area contributed by atoms with E-state index in [-0.39, 0.29) is 0 Å². The lowest BCUT2D eigenvalue weighted by atomic mass is 9.89. The van der Waals surface area contributed by atoms with Crippen LogP contribution in [0.1, 0.15) is 32.3 Å². The van der Waals surface area contributed by atoms with Gasteiger partial charge in [-0.1, -0.05) is 67.9 Å². The van der Waals surface area contributed by atoms with Gasteiger partial charge >= 0.3 is 6.09 Å². The van der Waals surface area contributed by atoms with Gasteiger partial charge in [-0.3, -0.25) is 0 Å². The highest BCUT2D eigenvalue weighted by atomic mass is 16.6. The van der Waals surface area contributed by atoms with Gasteiger partial charge in [-0.15, -0.1) is 0 Å². The minimum Gasteiger partial charge on any atom is -0.438 e. The Labute approximate surface area is 125 Å². The van der Waals surface area contributed by atoms with Gasteiger partial charge in [0.25, 0.3) is 0 Å². The van der Waals surface area contributed by atoms with Crippen LogP contribution in [0, 0.1) is 0 Å². The van der Waals surface area contributed by atoms with E-state index < -0.39 is 11.7 Å². The largest absolute Gasteiger partial charge is 0.438 e. The van der Waals surface area contributed by atoms with Crippen LogP contribution in [0.4, 0.5) is 4.79 Å². The van der Waals surface area contributed by atoms with Crippen LogP contribution in [0.5, 0.6) is 0 Å². The molecule has 2 rings (SSSR count). The summed E-state index contributed by atoms with van der Waals surface area (Å²) in [5.41, 5.74) is 7.80. The zero-order valence-electron chi connectivity index (χ0n) is 12.5. The first kappa shape index (κ1) is 15.1. The van der Waals surface area contributed by atoms with E-state index in [0.29, 0.717) is 0 Å². The van der Waals surface area contributed by atoms with Crippen molar-refractivity contribution in [2.45, 2.75) is 32.3 Å². The van der Waals surface area contributed by atoms with Crippen LogP contribution in [0.2, 0.25) is 0 Å². The summed E-state index contributed by atoms with van der Waals surface area (Å²) in [7, 11) is 0. The molecule has 2 aromatic carbocycles. The van der Waals surface area contributed by atoms with Crippen LogP contribution in [0.25, 0.3) is 11.1 Å². The van der Waals surface area contributed by atoms with Crippen molar-refractivity contribution in [2.75, 3.05) is 0 Å². The Bertz CT molecular complexity index is 592. The second kappa shape index (κ2) is 6.44. The first-order valence-corrected chi connectivity index (χ1v) is 7.19. The average molecular weight is 283 g/mol. The number of carbonyl (C=O) groups is 1. The molecule has 1 amide bonds. The zero-order valence-corrected chi connectivity index (χ0v) is 12.5. The number of carbonyl (C=O) groups excluding carboxylic acids is 1. The van der Waals surface area contributed by atoms with E-state index in [1.807, 2.05) is 49.4 Å². The predicted octanol–water partition coefficient (Wildman–Crippen LogP) is 4.46. The molecule has 0 radical (unpaired) electrons. The van der Waals surface area contributed by atoms with Gasteiger partial charge in [-0.2, -0.15) is 0 Å². The fraction of sp³-hybridized carbons (Fsp3) is 0.278. The molecular weight excluding hydrogens is 262 g/mol. The number of ether oxygens (including phenoxy) is 1. The molecule has 0 heterocycles.